The van der Waals surface area contributed by atoms with Gasteiger partial charge in [0.15, 0.2) is 17.3 Å². The number of furan rings is 1. The van der Waals surface area contributed by atoms with Gasteiger partial charge >= 0.3 is 0 Å². The first-order chi connectivity index (χ1) is 16.4. The number of aromatic nitrogens is 1. The number of hydrogen-bond donors (Lipinski definition) is 0. The average molecular weight is 486 g/mol. The molecule has 0 aliphatic rings. The van der Waals surface area contributed by atoms with E-state index in [4.69, 9.17) is 18.6 Å². The van der Waals surface area contributed by atoms with Crippen LogP contribution in [0.3, 0.4) is 0 Å². The minimum atomic E-state index is -0.778. The van der Waals surface area contributed by atoms with Crippen molar-refractivity contribution >= 4 is 23.2 Å². The predicted octanol–water partition coefficient (Wildman–Crippen LogP) is 5.54. The number of rotatable bonds is 7. The smallest absolute Gasteiger partial charge is 0.211 e. The van der Waals surface area contributed by atoms with Gasteiger partial charge in [0.1, 0.15) is 23.0 Å². The number of thiazole rings is 1. The molecule has 0 bridgehead atoms. The van der Waals surface area contributed by atoms with Crippen molar-refractivity contribution in [2.75, 3.05) is 21.3 Å². The van der Waals surface area contributed by atoms with E-state index >= 15 is 0 Å². The maximum Gasteiger partial charge on any atom is 0.211 e. The van der Waals surface area contributed by atoms with Crippen LogP contribution in [0.5, 0.6) is 17.2 Å². The fraction of sp³-hybridized carbons (Fsp3) is 0.167. The molecule has 2 aromatic heterocycles. The monoisotopic (exact) mass is 485 g/mol. The summed E-state index contributed by atoms with van der Waals surface area (Å²) in [6.45, 7) is 1.83. The normalized spacial score (nSPS) is 11.9. The average Bonchev–Trinajstić information content (AvgIpc) is 3.43. The minimum absolute atomic E-state index is 0.0162. The summed E-state index contributed by atoms with van der Waals surface area (Å²) in [5, 5.41) is 6.34. The zero-order valence-electron chi connectivity index (χ0n) is 18.8. The highest BCUT2D eigenvalue weighted by atomic mass is 32.1. The molecular formula is C24H21F2N3O4S. The van der Waals surface area contributed by atoms with E-state index in [0.29, 0.717) is 39.1 Å². The quantitative estimate of drug-likeness (QED) is 0.323. The fourth-order valence-electron chi connectivity index (χ4n) is 3.23. The van der Waals surface area contributed by atoms with Crippen LogP contribution >= 0.6 is 11.3 Å². The molecule has 34 heavy (non-hydrogen) atoms. The Balaban J connectivity index is 1.92. The van der Waals surface area contributed by atoms with Crippen LogP contribution in [0.25, 0.3) is 11.3 Å². The Kier molecular flexibility index (Phi) is 6.78. The maximum absolute atomic E-state index is 14.3. The fourth-order valence-corrected chi connectivity index (χ4v) is 4.08. The molecule has 0 radical (unpaired) electrons. The molecule has 0 N–H and O–H groups in total. The molecule has 0 unspecified atom stereocenters. The minimum Gasteiger partial charge on any atom is -0.493 e. The summed E-state index contributed by atoms with van der Waals surface area (Å²) in [5.74, 6) is 1.18. The number of benzene rings is 2. The number of ether oxygens (including phenoxy) is 3. The summed E-state index contributed by atoms with van der Waals surface area (Å²) >= 11 is 1.23. The second kappa shape index (κ2) is 9.92. The van der Waals surface area contributed by atoms with Crippen molar-refractivity contribution in [1.82, 2.24) is 4.68 Å². The summed E-state index contributed by atoms with van der Waals surface area (Å²) in [4.78, 5) is 4.73. The third kappa shape index (κ3) is 4.72. The number of hydrogen-bond acceptors (Lipinski definition) is 7. The number of nitrogens with zero attached hydrogens (tertiary/aromatic N) is 3. The number of methoxy groups -OCH3 is 3. The van der Waals surface area contributed by atoms with Crippen molar-refractivity contribution in [3.8, 4) is 28.5 Å². The lowest BCUT2D eigenvalue weighted by molar-refractivity contribution is 0.324. The summed E-state index contributed by atoms with van der Waals surface area (Å²) in [6, 6.07) is 10.3. The second-order valence-corrected chi connectivity index (χ2v) is 7.87. The van der Waals surface area contributed by atoms with Gasteiger partial charge in [0.25, 0.3) is 0 Å². The Bertz CT molecular complexity index is 1400. The van der Waals surface area contributed by atoms with Crippen molar-refractivity contribution in [1.29, 1.82) is 0 Å². The molecule has 10 heteroatoms. The molecule has 4 aromatic rings. The zero-order valence-corrected chi connectivity index (χ0v) is 19.7. The van der Waals surface area contributed by atoms with Crippen molar-refractivity contribution in [3.05, 3.63) is 75.8 Å². The van der Waals surface area contributed by atoms with Crippen LogP contribution in [0, 0.1) is 18.6 Å². The molecule has 176 valence electrons. The molecule has 4 rings (SSSR count). The Morgan fingerprint density at radius 2 is 1.71 bits per heavy atom. The summed E-state index contributed by atoms with van der Waals surface area (Å²) < 4.78 is 51.1. The number of halogens is 2. The zero-order chi connectivity index (χ0) is 24.2. The van der Waals surface area contributed by atoms with Gasteiger partial charge in [-0.15, -0.1) is 11.3 Å². The molecule has 0 aliphatic carbocycles. The second-order valence-electron chi connectivity index (χ2n) is 7.03. The van der Waals surface area contributed by atoms with E-state index in [1.165, 1.54) is 49.6 Å². The summed E-state index contributed by atoms with van der Waals surface area (Å²) in [5.41, 5.74) is 1.31. The SMILES string of the molecule is COc1cc(-c2csc(=Nc3ccc(F)cc3F)n2N=Cc2ccc(C)o2)cc(OC)c1OC. The topological polar surface area (TPSA) is 70.5 Å². The largest absolute Gasteiger partial charge is 0.493 e. The maximum atomic E-state index is 14.3. The Hall–Kier alpha value is -3.92. The van der Waals surface area contributed by atoms with E-state index in [1.807, 2.05) is 18.4 Å². The molecule has 0 saturated carbocycles. The molecule has 0 fully saturated rings. The van der Waals surface area contributed by atoms with Gasteiger partial charge in [-0.25, -0.2) is 18.4 Å². The highest BCUT2D eigenvalue weighted by Crippen LogP contribution is 2.41. The first-order valence-corrected chi connectivity index (χ1v) is 10.9. The summed E-state index contributed by atoms with van der Waals surface area (Å²) in [6.07, 6.45) is 1.53. The molecule has 0 aliphatic heterocycles. The van der Waals surface area contributed by atoms with Gasteiger partial charge in [0, 0.05) is 17.0 Å². The molecule has 0 spiro atoms. The van der Waals surface area contributed by atoms with Crippen LogP contribution in [-0.4, -0.2) is 32.2 Å². The van der Waals surface area contributed by atoms with Gasteiger partial charge in [-0.1, -0.05) is 0 Å². The van der Waals surface area contributed by atoms with Gasteiger partial charge in [0.2, 0.25) is 10.6 Å². The first kappa shape index (κ1) is 23.2. The predicted molar refractivity (Wildman–Crippen MR) is 125 cm³/mol. The van der Waals surface area contributed by atoms with Crippen LogP contribution in [0.2, 0.25) is 0 Å². The third-order valence-electron chi connectivity index (χ3n) is 4.83. The van der Waals surface area contributed by atoms with Gasteiger partial charge in [0.05, 0.1) is 33.2 Å². The Morgan fingerprint density at radius 1 is 0.971 bits per heavy atom. The highest BCUT2D eigenvalue weighted by molar-refractivity contribution is 7.07. The third-order valence-corrected chi connectivity index (χ3v) is 5.65. The van der Waals surface area contributed by atoms with Crippen LogP contribution in [-0.2, 0) is 0 Å². The Morgan fingerprint density at radius 3 is 2.29 bits per heavy atom. The standard InChI is InChI=1S/C24H21F2N3O4S/c1-14-5-7-17(33-14)12-27-29-20(15-9-21(30-2)23(32-4)22(10-15)31-3)13-34-24(29)28-19-8-6-16(25)11-18(19)26/h5-13H,1-4H3. The van der Waals surface area contributed by atoms with Crippen LogP contribution in [0.1, 0.15) is 11.5 Å². The van der Waals surface area contributed by atoms with Gasteiger partial charge < -0.3 is 18.6 Å². The van der Waals surface area contributed by atoms with E-state index in [-0.39, 0.29) is 5.69 Å². The van der Waals surface area contributed by atoms with E-state index in [1.54, 1.807) is 18.2 Å². The van der Waals surface area contributed by atoms with Crippen molar-refractivity contribution in [2.45, 2.75) is 6.92 Å². The highest BCUT2D eigenvalue weighted by Gasteiger charge is 2.17. The lowest BCUT2D eigenvalue weighted by atomic mass is 10.1. The van der Waals surface area contributed by atoms with Crippen LogP contribution < -0.4 is 19.0 Å². The van der Waals surface area contributed by atoms with Gasteiger partial charge in [-0.3, -0.25) is 0 Å². The van der Waals surface area contributed by atoms with E-state index in [0.717, 1.165) is 17.9 Å². The molecule has 0 atom stereocenters. The van der Waals surface area contributed by atoms with Gasteiger partial charge in [-0.2, -0.15) is 5.10 Å². The first-order valence-electron chi connectivity index (χ1n) is 10.0. The summed E-state index contributed by atoms with van der Waals surface area (Å²) in [7, 11) is 4.57. The van der Waals surface area contributed by atoms with E-state index in [2.05, 4.69) is 10.1 Å². The molecule has 2 aromatic carbocycles. The van der Waals surface area contributed by atoms with Crippen molar-refractivity contribution in [2.24, 2.45) is 10.1 Å². The molecule has 2 heterocycles. The van der Waals surface area contributed by atoms with Crippen LogP contribution in [0.15, 0.2) is 62.4 Å². The number of aryl methyl sites for hydroxylation is 1. The van der Waals surface area contributed by atoms with E-state index in [9.17, 15) is 8.78 Å². The van der Waals surface area contributed by atoms with Crippen molar-refractivity contribution in [3.63, 3.8) is 0 Å². The Labute approximate surface area is 198 Å². The lowest BCUT2D eigenvalue weighted by Crippen LogP contribution is -2.12. The molecule has 7 nitrogen and oxygen atoms in total. The van der Waals surface area contributed by atoms with Gasteiger partial charge in [-0.05, 0) is 43.3 Å². The lowest BCUT2D eigenvalue weighted by Gasteiger charge is -2.14. The molecular weight excluding hydrogens is 464 g/mol. The van der Waals surface area contributed by atoms with Crippen molar-refractivity contribution < 1.29 is 27.4 Å². The van der Waals surface area contributed by atoms with Crippen LogP contribution in [0.4, 0.5) is 14.5 Å². The molecule has 0 saturated heterocycles. The van der Waals surface area contributed by atoms with E-state index < -0.39 is 11.6 Å². The molecule has 0 amide bonds.